The maximum atomic E-state index is 12.0. The smallest absolute Gasteiger partial charge is 0.312 e. The molecule has 0 aliphatic carbocycles. The zero-order valence-corrected chi connectivity index (χ0v) is 16.2. The summed E-state index contributed by atoms with van der Waals surface area (Å²) in [7, 11) is 0. The van der Waals surface area contributed by atoms with Crippen LogP contribution in [0, 0.1) is 0 Å². The summed E-state index contributed by atoms with van der Waals surface area (Å²) in [5.41, 5.74) is 1.42. The van der Waals surface area contributed by atoms with Crippen LogP contribution in [0.5, 0.6) is 0 Å². The van der Waals surface area contributed by atoms with Crippen molar-refractivity contribution >= 4 is 40.2 Å². The third kappa shape index (κ3) is 4.41. The van der Waals surface area contributed by atoms with Gasteiger partial charge in [-0.3, -0.25) is 4.79 Å². The zero-order valence-electron chi connectivity index (χ0n) is 13.8. The van der Waals surface area contributed by atoms with Gasteiger partial charge in [-0.25, -0.2) is 4.98 Å². The predicted molar refractivity (Wildman–Crippen MR) is 104 cm³/mol. The van der Waals surface area contributed by atoms with E-state index in [0.717, 1.165) is 15.4 Å². The normalized spacial score (nSPS) is 10.9. The maximum Gasteiger partial charge on any atom is 0.312 e. The predicted octanol–water partition coefficient (Wildman–Crippen LogP) is 4.86. The van der Waals surface area contributed by atoms with Crippen LogP contribution in [0.25, 0.3) is 21.3 Å². The van der Waals surface area contributed by atoms with Gasteiger partial charge in [0.05, 0.1) is 17.0 Å². The van der Waals surface area contributed by atoms with E-state index in [1.807, 2.05) is 22.9 Å². The van der Waals surface area contributed by atoms with Gasteiger partial charge in [0, 0.05) is 16.0 Å². The summed E-state index contributed by atoms with van der Waals surface area (Å²) in [5, 5.41) is 13.2. The van der Waals surface area contributed by atoms with E-state index in [-0.39, 0.29) is 18.9 Å². The largest absolute Gasteiger partial charge is 0.455 e. The van der Waals surface area contributed by atoms with Crippen molar-refractivity contribution in [2.24, 2.45) is 0 Å². The highest BCUT2D eigenvalue weighted by molar-refractivity contribution is 7.20. The van der Waals surface area contributed by atoms with E-state index >= 15 is 0 Å². The lowest BCUT2D eigenvalue weighted by molar-refractivity contribution is -0.144. The molecule has 0 spiro atoms. The molecule has 0 aliphatic heterocycles. The van der Waals surface area contributed by atoms with Crippen molar-refractivity contribution in [1.29, 1.82) is 0 Å². The first-order valence-corrected chi connectivity index (χ1v) is 10.0. The molecule has 0 amide bonds. The van der Waals surface area contributed by atoms with Crippen molar-refractivity contribution in [2.45, 2.75) is 13.0 Å². The third-order valence-electron chi connectivity index (χ3n) is 3.52. The number of hydrogen-bond donors (Lipinski definition) is 0. The molecular formula is C18H12ClN3O3S2. The molecule has 6 nitrogen and oxygen atoms in total. The number of aromatic nitrogens is 3. The first-order chi connectivity index (χ1) is 13.2. The highest BCUT2D eigenvalue weighted by Gasteiger charge is 2.13. The summed E-state index contributed by atoms with van der Waals surface area (Å²) in [5.74, 6) is 0.174. The number of hydrogen-bond acceptors (Lipinski definition) is 8. The summed E-state index contributed by atoms with van der Waals surface area (Å²) in [4.78, 5) is 17.6. The molecule has 3 heterocycles. The molecule has 4 rings (SSSR count). The molecule has 4 aromatic rings. The number of carbonyl (C=O) groups is 1. The van der Waals surface area contributed by atoms with Crippen molar-refractivity contribution in [1.82, 2.24) is 15.2 Å². The molecule has 136 valence electrons. The summed E-state index contributed by atoms with van der Waals surface area (Å²) in [6.45, 7) is -0.0820. The molecule has 9 heteroatoms. The minimum absolute atomic E-state index is 0.0820. The van der Waals surface area contributed by atoms with Gasteiger partial charge in [-0.1, -0.05) is 17.7 Å². The Morgan fingerprint density at radius 2 is 2.00 bits per heavy atom. The van der Waals surface area contributed by atoms with Gasteiger partial charge in [0.1, 0.15) is 5.01 Å². The molecule has 0 aliphatic rings. The monoisotopic (exact) mass is 417 g/mol. The van der Waals surface area contributed by atoms with Crippen molar-refractivity contribution in [3.63, 3.8) is 0 Å². The van der Waals surface area contributed by atoms with Crippen LogP contribution in [-0.2, 0) is 22.6 Å². The maximum absolute atomic E-state index is 12.0. The summed E-state index contributed by atoms with van der Waals surface area (Å²) < 4.78 is 10.7. The Morgan fingerprint density at radius 3 is 2.78 bits per heavy atom. The van der Waals surface area contributed by atoms with Gasteiger partial charge >= 0.3 is 5.97 Å². The van der Waals surface area contributed by atoms with Gasteiger partial charge in [-0.05, 0) is 35.7 Å². The number of carbonyl (C=O) groups excluding carboxylic acids is 1. The van der Waals surface area contributed by atoms with Crippen LogP contribution < -0.4 is 0 Å². The molecule has 0 fully saturated rings. The number of rotatable bonds is 6. The SMILES string of the molecule is O=C(Cc1csc(-c2cccs2)n1)OCc1nnc(-c2ccc(Cl)cc2)o1. The van der Waals surface area contributed by atoms with Crippen LogP contribution in [0.4, 0.5) is 0 Å². The molecular weight excluding hydrogens is 406 g/mol. The molecule has 0 bridgehead atoms. The van der Waals surface area contributed by atoms with Crippen LogP contribution >= 0.6 is 34.3 Å². The Hall–Kier alpha value is -2.55. The highest BCUT2D eigenvalue weighted by Crippen LogP contribution is 2.28. The number of halogens is 1. The molecule has 27 heavy (non-hydrogen) atoms. The zero-order chi connectivity index (χ0) is 18.6. The lowest BCUT2D eigenvalue weighted by atomic mass is 10.2. The van der Waals surface area contributed by atoms with Crippen molar-refractivity contribution < 1.29 is 13.9 Å². The summed E-state index contributed by atoms with van der Waals surface area (Å²) in [6, 6.07) is 11.0. The minimum atomic E-state index is -0.399. The second-order valence-electron chi connectivity index (χ2n) is 5.47. The molecule has 0 saturated carbocycles. The molecule has 1 aromatic carbocycles. The van der Waals surface area contributed by atoms with Crippen LogP contribution in [0.3, 0.4) is 0 Å². The van der Waals surface area contributed by atoms with Crippen LogP contribution in [0.1, 0.15) is 11.6 Å². The van der Waals surface area contributed by atoms with Gasteiger partial charge < -0.3 is 9.15 Å². The Bertz CT molecular complexity index is 1040. The van der Waals surface area contributed by atoms with E-state index in [9.17, 15) is 4.79 Å². The van der Waals surface area contributed by atoms with Gasteiger partial charge in [0.2, 0.25) is 5.89 Å². The highest BCUT2D eigenvalue weighted by atomic mass is 35.5. The average Bonchev–Trinajstić information content (AvgIpc) is 3.42. The first-order valence-electron chi connectivity index (χ1n) is 7.89. The standard InChI is InChI=1S/C18H12ClN3O3S2/c19-12-5-3-11(4-6-12)17-22-21-15(25-17)9-24-16(23)8-13-10-27-18(20-13)14-2-1-7-26-14/h1-7,10H,8-9H2. The molecule has 0 unspecified atom stereocenters. The lowest BCUT2D eigenvalue weighted by Gasteiger charge is -2.00. The molecule has 0 saturated heterocycles. The number of thiazole rings is 1. The lowest BCUT2D eigenvalue weighted by Crippen LogP contribution is -2.08. The second kappa shape index (κ2) is 7.99. The fraction of sp³-hybridized carbons (Fsp3) is 0.111. The minimum Gasteiger partial charge on any atom is -0.455 e. The van der Waals surface area contributed by atoms with Crippen molar-refractivity contribution in [3.05, 3.63) is 63.8 Å². The summed E-state index contributed by atoms with van der Waals surface area (Å²) in [6.07, 6.45) is 0.0973. The Kier molecular flexibility index (Phi) is 5.28. The van der Waals surface area contributed by atoms with Gasteiger partial charge in [0.25, 0.3) is 5.89 Å². The summed E-state index contributed by atoms with van der Waals surface area (Å²) >= 11 is 8.98. The quantitative estimate of drug-likeness (QED) is 0.417. The second-order valence-corrected chi connectivity index (χ2v) is 7.71. The van der Waals surface area contributed by atoms with Crippen LogP contribution in [-0.4, -0.2) is 21.2 Å². The molecule has 0 radical (unpaired) electrons. The molecule has 3 aromatic heterocycles. The van der Waals surface area contributed by atoms with E-state index in [4.69, 9.17) is 20.8 Å². The fourth-order valence-corrected chi connectivity index (χ4v) is 4.02. The third-order valence-corrected chi connectivity index (χ3v) is 5.71. The van der Waals surface area contributed by atoms with Gasteiger partial charge in [-0.2, -0.15) is 0 Å². The van der Waals surface area contributed by atoms with Gasteiger partial charge in [-0.15, -0.1) is 32.9 Å². The van der Waals surface area contributed by atoms with E-state index in [2.05, 4.69) is 15.2 Å². The first kappa shape index (κ1) is 17.8. The van der Waals surface area contributed by atoms with Crippen LogP contribution in [0.2, 0.25) is 5.02 Å². The fourth-order valence-electron chi connectivity index (χ4n) is 2.26. The van der Waals surface area contributed by atoms with E-state index in [1.165, 1.54) is 11.3 Å². The number of nitrogens with zero attached hydrogens (tertiary/aromatic N) is 3. The Morgan fingerprint density at radius 1 is 1.15 bits per heavy atom. The number of thiophene rings is 1. The number of benzene rings is 1. The number of ether oxygens (including phenoxy) is 1. The van der Waals surface area contributed by atoms with E-state index in [1.54, 1.807) is 35.6 Å². The van der Waals surface area contributed by atoms with Gasteiger partial charge in [0.15, 0.2) is 6.61 Å². The van der Waals surface area contributed by atoms with Crippen molar-refractivity contribution in [3.8, 4) is 21.3 Å². The van der Waals surface area contributed by atoms with Crippen LogP contribution in [0.15, 0.2) is 51.6 Å². The Balaban J connectivity index is 1.32. The molecule has 0 atom stereocenters. The van der Waals surface area contributed by atoms with Crippen molar-refractivity contribution in [2.75, 3.05) is 0 Å². The topological polar surface area (TPSA) is 78.1 Å². The molecule has 0 N–H and O–H groups in total. The van der Waals surface area contributed by atoms with E-state index in [0.29, 0.717) is 16.6 Å². The number of esters is 1. The van der Waals surface area contributed by atoms with E-state index < -0.39 is 5.97 Å². The Labute approximate surface area is 167 Å². The average molecular weight is 418 g/mol.